The maximum atomic E-state index is 14.5. The molecule has 0 bridgehead atoms. The van der Waals surface area contributed by atoms with Crippen LogP contribution < -0.4 is 21.1 Å². The third-order valence-corrected chi connectivity index (χ3v) is 17.2. The maximum absolute atomic E-state index is 14.5. The van der Waals surface area contributed by atoms with E-state index < -0.39 is 17.9 Å². The molecule has 0 spiro atoms. The summed E-state index contributed by atoms with van der Waals surface area (Å²) in [7, 11) is 1.62. The Kier molecular flexibility index (Phi) is 17.5. The highest BCUT2D eigenvalue weighted by Gasteiger charge is 2.41. The number of fused-ring (bicyclic) bond motifs is 1. The minimum Gasteiger partial charge on any atom is -0.367 e. The molecule has 2 saturated carbocycles. The molecule has 4 amide bonds. The van der Waals surface area contributed by atoms with Crippen LogP contribution in [0.1, 0.15) is 166 Å². The average molecular weight is 1070 g/mol. The minimum atomic E-state index is -0.816. The number of hydrogen-bond acceptors (Lipinski definition) is 14. The Bertz CT molecular complexity index is 3040. The van der Waals surface area contributed by atoms with E-state index in [9.17, 15) is 38.0 Å². The van der Waals surface area contributed by atoms with E-state index in [1.54, 1.807) is 48.1 Å². The predicted molar refractivity (Wildman–Crippen MR) is 292 cm³/mol. The number of likely N-dealkylation sites (tertiary alicyclic amines) is 1. The number of pyridine rings is 2. The number of carbonyl (C=O) groups is 6. The van der Waals surface area contributed by atoms with Crippen LogP contribution in [0.3, 0.4) is 0 Å². The van der Waals surface area contributed by atoms with Gasteiger partial charge in [0.05, 0.1) is 23.5 Å². The van der Waals surface area contributed by atoms with E-state index in [4.69, 9.17) is 4.98 Å². The van der Waals surface area contributed by atoms with Crippen molar-refractivity contribution >= 4 is 75.0 Å². The van der Waals surface area contributed by atoms with Crippen molar-refractivity contribution in [3.8, 4) is 0 Å². The van der Waals surface area contributed by atoms with Gasteiger partial charge in [-0.25, -0.2) is 19.3 Å². The van der Waals surface area contributed by atoms with Crippen molar-refractivity contribution < 1.29 is 33.2 Å². The number of carbonyl (C=O) groups excluding carboxylic acids is 6. The van der Waals surface area contributed by atoms with E-state index in [2.05, 4.69) is 30.5 Å². The third kappa shape index (κ3) is 12.4. The van der Waals surface area contributed by atoms with Crippen LogP contribution in [0.25, 0.3) is 11.0 Å². The highest BCUT2D eigenvalue weighted by atomic mass is 32.1. The normalized spacial score (nSPS) is 18.1. The van der Waals surface area contributed by atoms with Gasteiger partial charge in [-0.05, 0) is 120 Å². The zero-order chi connectivity index (χ0) is 54.3. The molecule has 2 saturated heterocycles. The Balaban J connectivity index is 0.710. The largest absolute Gasteiger partial charge is 0.367 e. The summed E-state index contributed by atoms with van der Waals surface area (Å²) in [6, 6.07) is 7.21. The fourth-order valence-corrected chi connectivity index (χ4v) is 12.6. The van der Waals surface area contributed by atoms with E-state index in [-0.39, 0.29) is 76.4 Å². The van der Waals surface area contributed by atoms with Gasteiger partial charge in [-0.2, -0.15) is 4.98 Å². The van der Waals surface area contributed by atoms with Crippen molar-refractivity contribution in [3.63, 3.8) is 0 Å². The molecule has 20 heteroatoms. The number of rotatable bonds is 19. The Morgan fingerprint density at radius 2 is 1.53 bits per heavy atom. The van der Waals surface area contributed by atoms with E-state index >= 15 is 0 Å². The highest BCUT2D eigenvalue weighted by molar-refractivity contribution is 7.10. The molecule has 4 aliphatic rings. The summed E-state index contributed by atoms with van der Waals surface area (Å²) in [5.74, 6) is -0.897. The monoisotopic (exact) mass is 1070 g/mol. The van der Waals surface area contributed by atoms with Crippen LogP contribution in [-0.4, -0.2) is 126 Å². The molecule has 77 heavy (non-hydrogen) atoms. The van der Waals surface area contributed by atoms with Crippen molar-refractivity contribution in [2.24, 2.45) is 5.92 Å². The molecule has 2 N–H and O–H groups in total. The van der Waals surface area contributed by atoms with E-state index in [1.807, 2.05) is 17.0 Å². The molecule has 2 aliphatic carbocycles. The van der Waals surface area contributed by atoms with Crippen molar-refractivity contribution in [2.45, 2.75) is 148 Å². The SMILES string of the molecule is CC(=O)c1c(C)c2cnc(Nc3ccc(N4CCN(C(=O)CCCCCC(=O)N(C)C(C)C(=O)NC(C(=O)N5CCC[C@H]5c5nc(C(=O)c6ccc(F)cc6)cs5)C5CCCCC5)CC4)cn3)nc2n(C2CCCC2)c1=O. The number of likely N-dealkylation sites (N-methyl/N-ethyl adjacent to an activating group) is 1. The number of piperazine rings is 1. The first kappa shape index (κ1) is 54.8. The lowest BCUT2D eigenvalue weighted by Crippen LogP contribution is -2.56. The Morgan fingerprint density at radius 3 is 2.23 bits per heavy atom. The van der Waals surface area contributed by atoms with Crippen LogP contribution in [0.5, 0.6) is 0 Å². The molecular formula is C57H70FN11O7S. The number of hydrogen-bond donors (Lipinski definition) is 2. The lowest BCUT2D eigenvalue weighted by atomic mass is 9.83. The van der Waals surface area contributed by atoms with Crippen molar-refractivity contribution in [1.29, 1.82) is 0 Å². The number of nitrogens with one attached hydrogen (secondary N) is 2. The number of halogens is 1. The van der Waals surface area contributed by atoms with Crippen molar-refractivity contribution in [2.75, 3.05) is 50.0 Å². The fourth-order valence-electron chi connectivity index (χ4n) is 11.6. The summed E-state index contributed by atoms with van der Waals surface area (Å²) >= 11 is 1.32. The van der Waals surface area contributed by atoms with Crippen LogP contribution >= 0.6 is 11.3 Å². The van der Waals surface area contributed by atoms with Gasteiger partial charge in [0.15, 0.2) is 5.78 Å². The summed E-state index contributed by atoms with van der Waals surface area (Å²) in [6.07, 6.45) is 15.7. The summed E-state index contributed by atoms with van der Waals surface area (Å²) in [5, 5.41) is 9.27. The van der Waals surface area contributed by atoms with Crippen LogP contribution in [0, 0.1) is 18.7 Å². The van der Waals surface area contributed by atoms with Crippen LogP contribution in [-0.2, 0) is 19.2 Å². The van der Waals surface area contributed by atoms with E-state index in [1.165, 1.54) is 47.4 Å². The first-order valence-corrected chi connectivity index (χ1v) is 28.4. The number of unbranched alkanes of at least 4 members (excludes halogenated alkanes) is 2. The molecule has 408 valence electrons. The quantitative estimate of drug-likeness (QED) is 0.0590. The number of aryl methyl sites for hydroxylation is 1. The van der Waals surface area contributed by atoms with Gasteiger partial charge < -0.3 is 30.2 Å². The van der Waals surface area contributed by atoms with Gasteiger partial charge in [-0.3, -0.25) is 38.1 Å². The number of benzene rings is 1. The molecular weight excluding hydrogens is 1000 g/mol. The zero-order valence-electron chi connectivity index (χ0n) is 44.6. The highest BCUT2D eigenvalue weighted by Crippen LogP contribution is 2.37. The summed E-state index contributed by atoms with van der Waals surface area (Å²) in [4.78, 5) is 120. The zero-order valence-corrected chi connectivity index (χ0v) is 45.4. The molecule has 4 fully saturated rings. The van der Waals surface area contributed by atoms with E-state index in [0.717, 1.165) is 69.9 Å². The molecule has 9 rings (SSSR count). The van der Waals surface area contributed by atoms with Crippen molar-refractivity contribution in [3.05, 3.63) is 97.7 Å². The molecule has 0 radical (unpaired) electrons. The average Bonchev–Trinajstić information content (AvgIpc) is 4.31. The van der Waals surface area contributed by atoms with Crippen molar-refractivity contribution in [1.82, 2.24) is 44.5 Å². The lowest BCUT2D eigenvalue weighted by molar-refractivity contribution is -0.142. The van der Waals surface area contributed by atoms with Gasteiger partial charge >= 0.3 is 0 Å². The van der Waals surface area contributed by atoms with Crippen LogP contribution in [0.15, 0.2) is 59.0 Å². The Labute approximate surface area is 452 Å². The molecule has 2 aliphatic heterocycles. The number of nitrogens with zero attached hydrogens (tertiary/aromatic N) is 9. The van der Waals surface area contributed by atoms with Crippen LogP contribution in [0.4, 0.5) is 21.8 Å². The van der Waals surface area contributed by atoms with Gasteiger partial charge in [0.25, 0.3) is 5.56 Å². The van der Waals surface area contributed by atoms with E-state index in [0.29, 0.717) is 104 Å². The summed E-state index contributed by atoms with van der Waals surface area (Å²) < 4.78 is 15.2. The van der Waals surface area contributed by atoms with Gasteiger partial charge in [0.2, 0.25) is 35.4 Å². The number of anilines is 3. The Morgan fingerprint density at radius 1 is 0.818 bits per heavy atom. The van der Waals surface area contributed by atoms with Crippen LogP contribution in [0.2, 0.25) is 0 Å². The second kappa shape index (κ2) is 24.6. The molecule has 2 unspecified atom stereocenters. The second-order valence-corrected chi connectivity index (χ2v) is 22.1. The number of aromatic nitrogens is 5. The lowest BCUT2D eigenvalue weighted by Gasteiger charge is -2.36. The second-order valence-electron chi connectivity index (χ2n) is 21.2. The number of Topliss-reactive ketones (excluding diaryl/α,β-unsaturated/α-hetero) is 1. The van der Waals surface area contributed by atoms with Gasteiger partial charge in [0.1, 0.15) is 40.1 Å². The smallest absolute Gasteiger partial charge is 0.263 e. The summed E-state index contributed by atoms with van der Waals surface area (Å²) in [6.45, 7) is 7.80. The van der Waals surface area contributed by atoms with Gasteiger partial charge in [-0.15, -0.1) is 11.3 Å². The predicted octanol–water partition coefficient (Wildman–Crippen LogP) is 8.26. The van der Waals surface area contributed by atoms with Gasteiger partial charge in [-0.1, -0.05) is 38.5 Å². The first-order chi connectivity index (χ1) is 37.2. The Hall–Kier alpha value is -6.96. The minimum absolute atomic E-state index is 0.0240. The summed E-state index contributed by atoms with van der Waals surface area (Å²) in [5.41, 5.74) is 2.48. The fraction of sp³-hybridized carbons (Fsp3) is 0.526. The third-order valence-electron chi connectivity index (χ3n) is 16.2. The molecule has 1 aromatic carbocycles. The number of amides is 4. The molecule has 3 atom stereocenters. The number of thiazole rings is 1. The molecule has 4 aromatic heterocycles. The maximum Gasteiger partial charge on any atom is 0.263 e. The number of ketones is 2. The molecule has 6 heterocycles. The van der Waals surface area contributed by atoms with Gasteiger partial charge in [0, 0.05) is 81.2 Å². The standard InChI is InChI=1S/C57H70FN11O7S/c1-35-43-33-60-57(64-52(43)69(41-16-11-12-17-41)55(75)49(35)37(3)70)62-46-26-25-42(32-59-46)66-28-30-67(31-29-66)48(72)20-10-6-9-19-47(71)65(4)36(2)53(74)63-50(38-14-7-5-8-15-38)56(76)68-27-13-18-45(68)54-61-44(34-77-54)51(73)39-21-23-40(58)24-22-39/h21-26,32-34,36,38,41,45,50H,5-20,27-31H2,1-4H3,(H,63,74)(H,59,60,62,64)/t36?,45-,50?/m0/s1. The molecule has 5 aromatic rings. The topological polar surface area (TPSA) is 213 Å². The first-order valence-electron chi connectivity index (χ1n) is 27.5. The molecule has 18 nitrogen and oxygen atoms in total.